The summed E-state index contributed by atoms with van der Waals surface area (Å²) in [5.74, 6) is -2.15. The Hall–Kier alpha value is -3.89. The molecule has 1 N–H and O–H groups in total. The van der Waals surface area contributed by atoms with Crippen LogP contribution in [0, 0.1) is 5.82 Å². The number of nitrogens with zero attached hydrogens (tertiary/aromatic N) is 4. The van der Waals surface area contributed by atoms with E-state index >= 15 is 0 Å². The first-order valence-corrected chi connectivity index (χ1v) is 10.2. The SMILES string of the molecule is O=C1CCC(N2C(=O)C3=C(C2=O)N(Cc2nc(-c4cccc(F)c4)no2)CCC3)C(=O)N1. The van der Waals surface area contributed by atoms with E-state index in [1.54, 1.807) is 11.0 Å². The van der Waals surface area contributed by atoms with Crippen molar-refractivity contribution in [3.05, 3.63) is 47.2 Å². The van der Waals surface area contributed by atoms with Gasteiger partial charge in [-0.25, -0.2) is 4.39 Å². The second kappa shape index (κ2) is 7.66. The van der Waals surface area contributed by atoms with Crippen molar-refractivity contribution in [1.82, 2.24) is 25.3 Å². The van der Waals surface area contributed by atoms with Crippen LogP contribution in [0.1, 0.15) is 31.6 Å². The third-order valence-electron chi connectivity index (χ3n) is 5.75. The van der Waals surface area contributed by atoms with Crippen LogP contribution in [0.5, 0.6) is 0 Å². The quantitative estimate of drug-likeness (QED) is 0.697. The standard InChI is InChI=1S/C21H18FN5O5/c22-12-4-1-3-11(9-12)18-24-16(32-25-18)10-26-8-2-5-13-17(26)21(31)27(20(13)30)14-6-7-15(28)23-19(14)29/h1,3-4,9,14H,2,5-8,10H2,(H,23,28,29). The highest BCUT2D eigenvalue weighted by Gasteiger charge is 2.48. The Morgan fingerprint density at radius 3 is 2.78 bits per heavy atom. The van der Waals surface area contributed by atoms with Gasteiger partial charge in [0.2, 0.25) is 23.5 Å². The first kappa shape index (κ1) is 20.0. The van der Waals surface area contributed by atoms with Gasteiger partial charge >= 0.3 is 0 Å². The maximum Gasteiger partial charge on any atom is 0.278 e. The molecule has 2 aromatic rings. The van der Waals surface area contributed by atoms with Crippen molar-refractivity contribution in [2.45, 2.75) is 38.3 Å². The van der Waals surface area contributed by atoms with Crippen LogP contribution in [0.15, 0.2) is 40.1 Å². The van der Waals surface area contributed by atoms with Gasteiger partial charge in [-0.05, 0) is 31.4 Å². The van der Waals surface area contributed by atoms with E-state index in [-0.39, 0.29) is 36.8 Å². The van der Waals surface area contributed by atoms with Gasteiger partial charge in [0.15, 0.2) is 0 Å². The monoisotopic (exact) mass is 439 g/mol. The van der Waals surface area contributed by atoms with Crippen LogP contribution < -0.4 is 5.32 Å². The Bertz CT molecular complexity index is 1190. The molecule has 0 aliphatic carbocycles. The lowest BCUT2D eigenvalue weighted by molar-refractivity contribution is -0.150. The van der Waals surface area contributed by atoms with Gasteiger partial charge < -0.3 is 9.42 Å². The normalized spacial score (nSPS) is 21.3. The molecule has 1 aromatic heterocycles. The average molecular weight is 439 g/mol. The number of hydrogen-bond donors (Lipinski definition) is 1. The summed E-state index contributed by atoms with van der Waals surface area (Å²) in [5.41, 5.74) is 1.02. The minimum atomic E-state index is -1.01. The molecule has 0 spiro atoms. The first-order chi connectivity index (χ1) is 15.4. The molecule has 0 bridgehead atoms. The van der Waals surface area contributed by atoms with E-state index in [9.17, 15) is 23.6 Å². The van der Waals surface area contributed by atoms with Gasteiger partial charge in [0.05, 0.1) is 6.54 Å². The van der Waals surface area contributed by atoms with E-state index in [1.165, 1.54) is 18.2 Å². The summed E-state index contributed by atoms with van der Waals surface area (Å²) in [4.78, 5) is 56.8. The number of benzene rings is 1. The fourth-order valence-corrected chi connectivity index (χ4v) is 4.29. The Labute approximate surface area is 181 Å². The topological polar surface area (TPSA) is 126 Å². The summed E-state index contributed by atoms with van der Waals surface area (Å²) in [6.07, 6.45) is 1.21. The number of amides is 4. The molecule has 1 unspecified atom stereocenters. The molecular formula is C21H18FN5O5. The summed E-state index contributed by atoms with van der Waals surface area (Å²) in [6, 6.07) is 4.77. The number of hydrogen-bond acceptors (Lipinski definition) is 8. The third kappa shape index (κ3) is 3.35. The second-order valence-electron chi connectivity index (χ2n) is 7.82. The minimum Gasteiger partial charge on any atom is -0.357 e. The zero-order valence-electron chi connectivity index (χ0n) is 16.8. The van der Waals surface area contributed by atoms with Crippen LogP contribution >= 0.6 is 0 Å². The predicted octanol–water partition coefficient (Wildman–Crippen LogP) is 0.900. The van der Waals surface area contributed by atoms with Gasteiger partial charge in [-0.1, -0.05) is 17.3 Å². The van der Waals surface area contributed by atoms with Crippen LogP contribution in [0.4, 0.5) is 4.39 Å². The number of aromatic nitrogens is 2. The van der Waals surface area contributed by atoms with Gasteiger partial charge in [0.1, 0.15) is 17.6 Å². The van der Waals surface area contributed by atoms with Crippen LogP contribution in [0.2, 0.25) is 0 Å². The highest BCUT2D eigenvalue weighted by atomic mass is 19.1. The molecule has 3 aliphatic rings. The first-order valence-electron chi connectivity index (χ1n) is 10.2. The van der Waals surface area contributed by atoms with E-state index in [0.29, 0.717) is 30.5 Å². The van der Waals surface area contributed by atoms with E-state index in [1.807, 2.05) is 0 Å². The molecule has 3 aliphatic heterocycles. The Morgan fingerprint density at radius 2 is 2.00 bits per heavy atom. The molecule has 1 atom stereocenters. The smallest absolute Gasteiger partial charge is 0.278 e. The van der Waals surface area contributed by atoms with Crippen molar-refractivity contribution >= 4 is 23.6 Å². The van der Waals surface area contributed by atoms with Crippen LogP contribution in [-0.4, -0.2) is 56.2 Å². The van der Waals surface area contributed by atoms with Gasteiger partial charge in [-0.15, -0.1) is 0 Å². The van der Waals surface area contributed by atoms with Gasteiger partial charge in [-0.2, -0.15) is 4.98 Å². The average Bonchev–Trinajstić information content (AvgIpc) is 3.32. The van der Waals surface area contributed by atoms with Crippen molar-refractivity contribution < 1.29 is 28.1 Å². The van der Waals surface area contributed by atoms with E-state index in [2.05, 4.69) is 15.5 Å². The van der Waals surface area contributed by atoms with E-state index in [0.717, 1.165) is 4.90 Å². The summed E-state index contributed by atoms with van der Waals surface area (Å²) >= 11 is 0. The molecule has 0 radical (unpaired) electrons. The number of carbonyl (C=O) groups is 4. The molecule has 164 valence electrons. The van der Waals surface area contributed by atoms with Crippen LogP contribution in [0.25, 0.3) is 11.4 Å². The number of piperidine rings is 1. The van der Waals surface area contributed by atoms with E-state index in [4.69, 9.17) is 4.52 Å². The van der Waals surface area contributed by atoms with Crippen molar-refractivity contribution in [3.8, 4) is 11.4 Å². The maximum absolute atomic E-state index is 13.5. The lowest BCUT2D eigenvalue weighted by Gasteiger charge is -2.29. The van der Waals surface area contributed by atoms with Crippen molar-refractivity contribution in [1.29, 1.82) is 0 Å². The van der Waals surface area contributed by atoms with Crippen molar-refractivity contribution in [2.75, 3.05) is 6.54 Å². The molecule has 1 saturated heterocycles. The molecule has 1 fully saturated rings. The Balaban J connectivity index is 1.38. The lowest BCUT2D eigenvalue weighted by atomic mass is 10.0. The fraction of sp³-hybridized carbons (Fsp3) is 0.333. The van der Waals surface area contributed by atoms with Crippen LogP contribution in [0.3, 0.4) is 0 Å². The van der Waals surface area contributed by atoms with Crippen LogP contribution in [-0.2, 0) is 25.7 Å². The molecule has 32 heavy (non-hydrogen) atoms. The molecule has 11 heteroatoms. The molecule has 4 amide bonds. The molecule has 4 heterocycles. The summed E-state index contributed by atoms with van der Waals surface area (Å²) < 4.78 is 18.8. The third-order valence-corrected chi connectivity index (χ3v) is 5.75. The summed E-state index contributed by atoms with van der Waals surface area (Å²) in [6.45, 7) is 0.572. The molecule has 1 aromatic carbocycles. The number of rotatable bonds is 4. The highest BCUT2D eigenvalue weighted by Crippen LogP contribution is 2.34. The Kier molecular flexibility index (Phi) is 4.80. The second-order valence-corrected chi connectivity index (χ2v) is 7.82. The van der Waals surface area contributed by atoms with Crippen molar-refractivity contribution in [3.63, 3.8) is 0 Å². The summed E-state index contributed by atoms with van der Waals surface area (Å²) in [7, 11) is 0. The highest BCUT2D eigenvalue weighted by molar-refractivity contribution is 6.21. The minimum absolute atomic E-state index is 0.0622. The number of nitrogens with one attached hydrogen (secondary N) is 1. The number of imide groups is 2. The Morgan fingerprint density at radius 1 is 1.16 bits per heavy atom. The molecule has 10 nitrogen and oxygen atoms in total. The largest absolute Gasteiger partial charge is 0.357 e. The van der Waals surface area contributed by atoms with Gasteiger partial charge in [0.25, 0.3) is 11.8 Å². The van der Waals surface area contributed by atoms with Gasteiger partial charge in [-0.3, -0.25) is 29.4 Å². The summed E-state index contributed by atoms with van der Waals surface area (Å²) in [5, 5.41) is 6.06. The molecular weight excluding hydrogens is 421 g/mol. The molecule has 0 saturated carbocycles. The predicted molar refractivity (Wildman–Crippen MR) is 104 cm³/mol. The van der Waals surface area contributed by atoms with Crippen molar-refractivity contribution in [2.24, 2.45) is 0 Å². The lowest BCUT2D eigenvalue weighted by Crippen LogP contribution is -2.55. The number of halogens is 1. The van der Waals surface area contributed by atoms with E-state index < -0.39 is 35.5 Å². The number of carbonyl (C=O) groups excluding carboxylic acids is 4. The zero-order valence-corrected chi connectivity index (χ0v) is 16.8. The molecule has 5 rings (SSSR count). The fourth-order valence-electron chi connectivity index (χ4n) is 4.29. The maximum atomic E-state index is 13.5. The van der Waals surface area contributed by atoms with Gasteiger partial charge in [0, 0.05) is 24.1 Å². The zero-order chi connectivity index (χ0) is 22.4.